The Kier molecular flexibility index (Phi) is 6.79. The maximum Gasteiger partial charge on any atom is 0.253 e. The van der Waals surface area contributed by atoms with Gasteiger partial charge in [0.2, 0.25) is 0 Å². The first kappa shape index (κ1) is 24.0. The molecule has 2 aromatic carbocycles. The number of rotatable bonds is 7. The number of benzene rings is 2. The summed E-state index contributed by atoms with van der Waals surface area (Å²) in [6, 6.07) is 20.0. The molecular weight excluding hydrogens is 488 g/mol. The van der Waals surface area contributed by atoms with Crippen molar-refractivity contribution in [3.05, 3.63) is 128 Å². The maximum atomic E-state index is 12.8. The number of nitrogens with one attached hydrogen (secondary N) is 2. The van der Waals surface area contributed by atoms with Gasteiger partial charge < -0.3 is 9.88 Å². The van der Waals surface area contributed by atoms with Crippen LogP contribution in [-0.2, 0) is 19.5 Å². The lowest BCUT2D eigenvalue weighted by Gasteiger charge is -2.10. The van der Waals surface area contributed by atoms with Gasteiger partial charge in [0.25, 0.3) is 11.5 Å². The number of pyridine rings is 2. The van der Waals surface area contributed by atoms with Crippen LogP contribution in [0.2, 0.25) is 5.02 Å². The zero-order valence-corrected chi connectivity index (χ0v) is 20.4. The summed E-state index contributed by atoms with van der Waals surface area (Å²) in [5.41, 5.74) is 4.81. The third-order valence-corrected chi connectivity index (χ3v) is 6.25. The molecule has 182 valence electrons. The molecular formula is C28H21ClN6O2. The van der Waals surface area contributed by atoms with Crippen LogP contribution in [-0.4, -0.2) is 25.7 Å². The predicted octanol–water partition coefficient (Wildman–Crippen LogP) is 4.21. The van der Waals surface area contributed by atoms with E-state index < -0.39 is 0 Å². The van der Waals surface area contributed by atoms with Crippen LogP contribution < -0.4 is 10.9 Å². The first-order chi connectivity index (χ1) is 18.0. The van der Waals surface area contributed by atoms with Gasteiger partial charge in [-0.25, -0.2) is 0 Å². The lowest BCUT2D eigenvalue weighted by atomic mass is 9.98. The molecule has 0 unspecified atom stereocenters. The lowest BCUT2D eigenvalue weighted by molar-refractivity contribution is 0.0950. The van der Waals surface area contributed by atoms with E-state index in [-0.39, 0.29) is 18.0 Å². The van der Waals surface area contributed by atoms with Crippen molar-refractivity contribution in [1.82, 2.24) is 25.1 Å². The van der Waals surface area contributed by atoms with Crippen LogP contribution in [0, 0.1) is 11.3 Å². The van der Waals surface area contributed by atoms with Crippen molar-refractivity contribution in [3.8, 4) is 6.07 Å². The molecule has 0 radical (unpaired) electrons. The minimum atomic E-state index is -0.281. The van der Waals surface area contributed by atoms with E-state index in [9.17, 15) is 14.9 Å². The maximum absolute atomic E-state index is 12.8. The molecule has 2 N–H and O–H groups in total. The second-order valence-electron chi connectivity index (χ2n) is 8.57. The normalized spacial score (nSPS) is 10.8. The van der Waals surface area contributed by atoms with Crippen molar-refractivity contribution in [2.24, 2.45) is 0 Å². The molecule has 5 aromatic rings. The average Bonchev–Trinajstić information content (AvgIpc) is 3.31. The van der Waals surface area contributed by atoms with Crippen molar-refractivity contribution in [2.45, 2.75) is 19.5 Å². The molecule has 0 saturated carbocycles. The zero-order chi connectivity index (χ0) is 25.8. The van der Waals surface area contributed by atoms with Crippen molar-refractivity contribution in [2.75, 3.05) is 0 Å². The minimum absolute atomic E-state index is 0.101. The molecule has 3 aromatic heterocycles. The number of fused-ring (bicyclic) bond motifs is 1. The number of nitrogens with zero attached hydrogens (tertiary/aromatic N) is 4. The third kappa shape index (κ3) is 5.42. The van der Waals surface area contributed by atoms with Gasteiger partial charge in [-0.2, -0.15) is 10.4 Å². The predicted molar refractivity (Wildman–Crippen MR) is 140 cm³/mol. The Morgan fingerprint density at radius 1 is 1.08 bits per heavy atom. The first-order valence-corrected chi connectivity index (χ1v) is 11.9. The highest BCUT2D eigenvalue weighted by atomic mass is 35.5. The van der Waals surface area contributed by atoms with Crippen LogP contribution >= 0.6 is 11.6 Å². The highest BCUT2D eigenvalue weighted by molar-refractivity contribution is 6.31. The quantitative estimate of drug-likeness (QED) is 0.341. The molecule has 0 saturated heterocycles. The van der Waals surface area contributed by atoms with Gasteiger partial charge in [0.05, 0.1) is 41.5 Å². The third-order valence-electron chi connectivity index (χ3n) is 6.02. The number of hydrogen-bond donors (Lipinski definition) is 2. The lowest BCUT2D eigenvalue weighted by Crippen LogP contribution is -2.23. The van der Waals surface area contributed by atoms with E-state index in [1.54, 1.807) is 53.4 Å². The number of H-pyrrole nitrogens is 1. The molecule has 8 nitrogen and oxygen atoms in total. The Morgan fingerprint density at radius 3 is 2.81 bits per heavy atom. The molecule has 3 heterocycles. The summed E-state index contributed by atoms with van der Waals surface area (Å²) in [4.78, 5) is 29.1. The molecule has 0 atom stereocenters. The van der Waals surface area contributed by atoms with Crippen LogP contribution in [0.4, 0.5) is 0 Å². The van der Waals surface area contributed by atoms with Gasteiger partial charge in [-0.15, -0.1) is 0 Å². The van der Waals surface area contributed by atoms with Gasteiger partial charge in [-0.3, -0.25) is 19.7 Å². The number of carbonyl (C=O) groups is 1. The number of halogens is 1. The van der Waals surface area contributed by atoms with Crippen molar-refractivity contribution in [1.29, 1.82) is 5.26 Å². The van der Waals surface area contributed by atoms with E-state index in [0.29, 0.717) is 34.8 Å². The van der Waals surface area contributed by atoms with Crippen molar-refractivity contribution in [3.63, 3.8) is 0 Å². The van der Waals surface area contributed by atoms with Gasteiger partial charge in [-0.1, -0.05) is 29.8 Å². The second kappa shape index (κ2) is 10.5. The summed E-state index contributed by atoms with van der Waals surface area (Å²) in [5, 5.41) is 21.2. The number of aromatic amines is 1. The summed E-state index contributed by atoms with van der Waals surface area (Å²) in [6.07, 6.45) is 5.34. The summed E-state index contributed by atoms with van der Waals surface area (Å²) < 4.78 is 1.59. The van der Waals surface area contributed by atoms with Gasteiger partial charge in [0.1, 0.15) is 0 Å². The van der Waals surface area contributed by atoms with E-state index in [2.05, 4.69) is 26.6 Å². The molecule has 0 aliphatic rings. The fraction of sp³-hybridized carbons (Fsp3) is 0.107. The Labute approximate surface area is 217 Å². The Hall–Kier alpha value is -4.74. The number of aromatic nitrogens is 4. The van der Waals surface area contributed by atoms with Crippen LogP contribution in [0.1, 0.15) is 38.3 Å². The van der Waals surface area contributed by atoms with Crippen LogP contribution in [0.5, 0.6) is 0 Å². The van der Waals surface area contributed by atoms with Gasteiger partial charge >= 0.3 is 0 Å². The van der Waals surface area contributed by atoms with Crippen molar-refractivity contribution < 1.29 is 4.79 Å². The molecule has 9 heteroatoms. The average molecular weight is 509 g/mol. The molecule has 0 aliphatic carbocycles. The van der Waals surface area contributed by atoms with Crippen LogP contribution in [0.25, 0.3) is 10.9 Å². The second-order valence-corrected chi connectivity index (χ2v) is 9.01. The van der Waals surface area contributed by atoms with Gasteiger partial charge in [-0.05, 0) is 53.1 Å². The molecule has 0 spiro atoms. The van der Waals surface area contributed by atoms with E-state index in [1.165, 1.54) is 12.3 Å². The molecule has 5 rings (SSSR count). The van der Waals surface area contributed by atoms with E-state index >= 15 is 0 Å². The number of carbonyl (C=O) groups excluding carboxylic acids is 1. The largest absolute Gasteiger partial charge is 0.346 e. The Bertz CT molecular complexity index is 1720. The van der Waals surface area contributed by atoms with Gasteiger partial charge in [0.15, 0.2) is 0 Å². The van der Waals surface area contributed by atoms with Crippen LogP contribution in [0.15, 0.2) is 84.0 Å². The van der Waals surface area contributed by atoms with Gasteiger partial charge in [0, 0.05) is 41.5 Å². The highest BCUT2D eigenvalue weighted by Gasteiger charge is 2.12. The molecule has 1 amide bonds. The zero-order valence-electron chi connectivity index (χ0n) is 19.6. The fourth-order valence-corrected chi connectivity index (χ4v) is 4.31. The SMILES string of the molecule is N#Cc1cc(Cn2ccccc2=O)ccc1Cc1cncc(C(=O)NCc2n[nH]c3ccc(Cl)cc23)c1. The molecule has 0 aliphatic heterocycles. The minimum Gasteiger partial charge on any atom is -0.346 e. The summed E-state index contributed by atoms with van der Waals surface area (Å²) in [7, 11) is 0. The Morgan fingerprint density at radius 2 is 1.97 bits per heavy atom. The van der Waals surface area contributed by atoms with Crippen molar-refractivity contribution >= 4 is 28.4 Å². The summed E-state index contributed by atoms with van der Waals surface area (Å²) in [6.45, 7) is 0.608. The van der Waals surface area contributed by atoms with E-state index in [1.807, 2.05) is 18.2 Å². The summed E-state index contributed by atoms with van der Waals surface area (Å²) in [5.74, 6) is -0.281. The molecule has 0 bridgehead atoms. The number of hydrogen-bond acceptors (Lipinski definition) is 5. The standard InChI is InChI=1S/C28H21ClN6O2/c29-23-6-7-25-24(12-23)26(34-33-25)16-32-28(37)22-11-19(14-31-15-22)10-20-5-4-18(9-21(20)13-30)17-35-8-2-1-3-27(35)36/h1-9,11-12,14-15H,10,16-17H2,(H,32,37)(H,33,34). The summed E-state index contributed by atoms with van der Waals surface area (Å²) >= 11 is 6.09. The number of nitriles is 1. The number of amides is 1. The molecule has 37 heavy (non-hydrogen) atoms. The smallest absolute Gasteiger partial charge is 0.253 e. The van der Waals surface area contributed by atoms with Crippen LogP contribution in [0.3, 0.4) is 0 Å². The first-order valence-electron chi connectivity index (χ1n) is 11.5. The fourth-order valence-electron chi connectivity index (χ4n) is 4.14. The molecule has 0 fully saturated rings. The van der Waals surface area contributed by atoms with E-state index in [0.717, 1.165) is 27.6 Å². The monoisotopic (exact) mass is 508 g/mol. The Balaban J connectivity index is 1.29. The van der Waals surface area contributed by atoms with E-state index in [4.69, 9.17) is 11.6 Å². The highest BCUT2D eigenvalue weighted by Crippen LogP contribution is 2.21. The topological polar surface area (TPSA) is 116 Å².